The second-order valence-corrected chi connectivity index (χ2v) is 6.46. The predicted octanol–water partition coefficient (Wildman–Crippen LogP) is 1.54. The third kappa shape index (κ3) is 4.49. The number of amides is 2. The van der Waals surface area contributed by atoms with Crippen molar-refractivity contribution in [3.8, 4) is 0 Å². The fourth-order valence-corrected chi connectivity index (χ4v) is 2.84. The summed E-state index contributed by atoms with van der Waals surface area (Å²) in [4.78, 5) is 24.9. The van der Waals surface area contributed by atoms with E-state index >= 15 is 0 Å². The van der Waals surface area contributed by atoms with Gasteiger partial charge in [-0.05, 0) is 38.0 Å². The Morgan fingerprint density at radius 1 is 1.27 bits per heavy atom. The summed E-state index contributed by atoms with van der Waals surface area (Å²) in [5.74, 6) is -0.638. The van der Waals surface area contributed by atoms with Crippen molar-refractivity contribution < 1.29 is 9.59 Å². The highest BCUT2D eigenvalue weighted by molar-refractivity contribution is 6.04. The Bertz CT molecular complexity index is 797. The summed E-state index contributed by atoms with van der Waals surface area (Å²) < 4.78 is 1.83. The van der Waals surface area contributed by atoms with Gasteiger partial charge in [-0.3, -0.25) is 14.3 Å². The molecule has 0 saturated heterocycles. The topological polar surface area (TPSA) is 102 Å². The highest BCUT2D eigenvalue weighted by Crippen LogP contribution is 2.20. The third-order valence-electron chi connectivity index (χ3n) is 4.48. The fraction of sp³-hybridized carbons (Fsp3) is 0.421. The average Bonchev–Trinajstić information content (AvgIpc) is 2.86. The SMILES string of the molecule is Cc1nn(C)c(C)c1CC(C)C(=O)Nc1ccccc1C(=O)NCCN. The molecule has 26 heavy (non-hydrogen) atoms. The molecule has 2 aromatic rings. The number of hydrogen-bond donors (Lipinski definition) is 3. The zero-order valence-electron chi connectivity index (χ0n) is 15.8. The van der Waals surface area contributed by atoms with Crippen LogP contribution in [-0.2, 0) is 18.3 Å². The van der Waals surface area contributed by atoms with Crippen LogP contribution in [0.15, 0.2) is 24.3 Å². The third-order valence-corrected chi connectivity index (χ3v) is 4.48. The largest absolute Gasteiger partial charge is 0.351 e. The molecule has 0 fully saturated rings. The van der Waals surface area contributed by atoms with E-state index in [2.05, 4.69) is 15.7 Å². The molecule has 0 aliphatic rings. The van der Waals surface area contributed by atoms with Gasteiger partial charge in [0.2, 0.25) is 5.91 Å². The standard InChI is InChI=1S/C19H27N5O2/c1-12(11-16-13(2)23-24(4)14(16)3)18(25)22-17-8-6-5-7-15(17)19(26)21-10-9-20/h5-8,12H,9-11,20H2,1-4H3,(H,21,26)(H,22,25). The quantitative estimate of drug-likeness (QED) is 0.699. The minimum Gasteiger partial charge on any atom is -0.351 e. The van der Waals surface area contributed by atoms with E-state index in [-0.39, 0.29) is 17.7 Å². The van der Waals surface area contributed by atoms with Crippen LogP contribution >= 0.6 is 0 Å². The Balaban J connectivity index is 2.11. The molecule has 4 N–H and O–H groups in total. The molecule has 1 aromatic heterocycles. The molecule has 0 radical (unpaired) electrons. The van der Waals surface area contributed by atoms with E-state index < -0.39 is 0 Å². The molecule has 0 aliphatic heterocycles. The van der Waals surface area contributed by atoms with Crippen LogP contribution in [0.5, 0.6) is 0 Å². The number of nitrogens with two attached hydrogens (primary N) is 1. The van der Waals surface area contributed by atoms with Gasteiger partial charge in [0, 0.05) is 31.7 Å². The van der Waals surface area contributed by atoms with Gasteiger partial charge < -0.3 is 16.4 Å². The average molecular weight is 357 g/mol. The van der Waals surface area contributed by atoms with Crippen molar-refractivity contribution in [1.82, 2.24) is 15.1 Å². The summed E-state index contributed by atoms with van der Waals surface area (Å²) in [6, 6.07) is 6.96. The first kappa shape index (κ1) is 19.7. The number of rotatable bonds is 7. The molecule has 1 unspecified atom stereocenters. The van der Waals surface area contributed by atoms with Crippen LogP contribution in [0.25, 0.3) is 0 Å². The van der Waals surface area contributed by atoms with E-state index in [1.54, 1.807) is 24.3 Å². The molecule has 2 rings (SSSR count). The van der Waals surface area contributed by atoms with Gasteiger partial charge in [0.1, 0.15) is 0 Å². The van der Waals surface area contributed by atoms with Gasteiger partial charge in [0.25, 0.3) is 5.91 Å². The maximum Gasteiger partial charge on any atom is 0.253 e. The first-order chi connectivity index (χ1) is 12.3. The molecule has 140 valence electrons. The lowest BCUT2D eigenvalue weighted by molar-refractivity contribution is -0.119. The number of nitrogens with zero attached hydrogens (tertiary/aromatic N) is 2. The minimum atomic E-state index is -0.253. The first-order valence-electron chi connectivity index (χ1n) is 8.72. The van der Waals surface area contributed by atoms with Crippen molar-refractivity contribution >= 4 is 17.5 Å². The predicted molar refractivity (Wildman–Crippen MR) is 102 cm³/mol. The lowest BCUT2D eigenvalue weighted by Crippen LogP contribution is -2.30. The Hall–Kier alpha value is -2.67. The van der Waals surface area contributed by atoms with Gasteiger partial charge in [-0.1, -0.05) is 19.1 Å². The minimum absolute atomic E-state index is 0.133. The number of para-hydroxylation sites is 1. The lowest BCUT2D eigenvalue weighted by Gasteiger charge is -2.15. The summed E-state index contributed by atoms with van der Waals surface area (Å²) >= 11 is 0. The molecule has 0 aliphatic carbocycles. The number of carbonyl (C=O) groups is 2. The van der Waals surface area contributed by atoms with E-state index in [1.165, 1.54) is 0 Å². The summed E-state index contributed by atoms with van der Waals surface area (Å²) in [6.45, 7) is 6.57. The fourth-order valence-electron chi connectivity index (χ4n) is 2.84. The van der Waals surface area contributed by atoms with Crippen LogP contribution < -0.4 is 16.4 Å². The van der Waals surface area contributed by atoms with Crippen molar-refractivity contribution in [3.05, 3.63) is 46.8 Å². The van der Waals surface area contributed by atoms with Crippen molar-refractivity contribution in [2.75, 3.05) is 18.4 Å². The molecule has 0 spiro atoms. The van der Waals surface area contributed by atoms with E-state index in [0.29, 0.717) is 30.8 Å². The van der Waals surface area contributed by atoms with Crippen molar-refractivity contribution in [1.29, 1.82) is 0 Å². The zero-order valence-corrected chi connectivity index (χ0v) is 15.8. The van der Waals surface area contributed by atoms with Gasteiger partial charge >= 0.3 is 0 Å². The van der Waals surface area contributed by atoms with Crippen LogP contribution in [0.4, 0.5) is 5.69 Å². The smallest absolute Gasteiger partial charge is 0.253 e. The molecule has 7 heteroatoms. The number of anilines is 1. The lowest BCUT2D eigenvalue weighted by atomic mass is 9.98. The van der Waals surface area contributed by atoms with E-state index in [0.717, 1.165) is 17.0 Å². The summed E-state index contributed by atoms with van der Waals surface area (Å²) in [5, 5.41) is 9.99. The van der Waals surface area contributed by atoms with Crippen molar-refractivity contribution in [3.63, 3.8) is 0 Å². The highest BCUT2D eigenvalue weighted by Gasteiger charge is 2.20. The Kier molecular flexibility index (Phi) is 6.52. The molecular weight excluding hydrogens is 330 g/mol. The molecule has 0 saturated carbocycles. The maximum atomic E-state index is 12.6. The van der Waals surface area contributed by atoms with Gasteiger partial charge in [-0.15, -0.1) is 0 Å². The Morgan fingerprint density at radius 2 is 1.96 bits per heavy atom. The van der Waals surface area contributed by atoms with Crippen LogP contribution in [-0.4, -0.2) is 34.7 Å². The first-order valence-corrected chi connectivity index (χ1v) is 8.72. The summed E-state index contributed by atoms with van der Waals surface area (Å²) in [7, 11) is 1.90. The van der Waals surface area contributed by atoms with E-state index in [9.17, 15) is 9.59 Å². The van der Waals surface area contributed by atoms with E-state index in [4.69, 9.17) is 5.73 Å². The van der Waals surface area contributed by atoms with E-state index in [1.807, 2.05) is 32.5 Å². The highest BCUT2D eigenvalue weighted by atomic mass is 16.2. The molecule has 1 heterocycles. The second-order valence-electron chi connectivity index (χ2n) is 6.46. The maximum absolute atomic E-state index is 12.6. The van der Waals surface area contributed by atoms with Crippen molar-refractivity contribution in [2.24, 2.45) is 18.7 Å². The molecule has 7 nitrogen and oxygen atoms in total. The van der Waals surface area contributed by atoms with Crippen LogP contribution in [0.1, 0.15) is 34.2 Å². The second kappa shape index (κ2) is 8.62. The number of carbonyl (C=O) groups excluding carboxylic acids is 2. The van der Waals surface area contributed by atoms with Gasteiger partial charge in [0.15, 0.2) is 0 Å². The normalized spacial score (nSPS) is 11.9. The molecular formula is C19H27N5O2. The van der Waals surface area contributed by atoms with Crippen LogP contribution in [0.3, 0.4) is 0 Å². The Morgan fingerprint density at radius 3 is 2.58 bits per heavy atom. The molecule has 1 atom stereocenters. The molecule has 2 amide bonds. The molecule has 1 aromatic carbocycles. The number of hydrogen-bond acceptors (Lipinski definition) is 4. The molecule has 0 bridgehead atoms. The Labute approximate surface area is 154 Å². The van der Waals surface area contributed by atoms with Crippen molar-refractivity contribution in [2.45, 2.75) is 27.2 Å². The summed E-state index contributed by atoms with van der Waals surface area (Å²) in [5.41, 5.74) is 9.43. The van der Waals surface area contributed by atoms with Crippen LogP contribution in [0, 0.1) is 19.8 Å². The number of aromatic nitrogens is 2. The number of aryl methyl sites for hydroxylation is 2. The van der Waals surface area contributed by atoms with Gasteiger partial charge in [0.05, 0.1) is 16.9 Å². The summed E-state index contributed by atoms with van der Waals surface area (Å²) in [6.07, 6.45) is 0.596. The monoisotopic (exact) mass is 357 g/mol. The number of benzene rings is 1. The van der Waals surface area contributed by atoms with Crippen LogP contribution in [0.2, 0.25) is 0 Å². The zero-order chi connectivity index (χ0) is 19.3. The van der Waals surface area contributed by atoms with Gasteiger partial charge in [-0.25, -0.2) is 0 Å². The van der Waals surface area contributed by atoms with Gasteiger partial charge in [-0.2, -0.15) is 5.10 Å². The number of nitrogens with one attached hydrogen (secondary N) is 2.